The second kappa shape index (κ2) is 6.20. The van der Waals surface area contributed by atoms with Crippen LogP contribution in [0.2, 0.25) is 0 Å². The summed E-state index contributed by atoms with van der Waals surface area (Å²) in [5.74, 6) is 1.56. The summed E-state index contributed by atoms with van der Waals surface area (Å²) in [7, 11) is 0. The third-order valence-corrected chi connectivity index (χ3v) is 4.37. The summed E-state index contributed by atoms with van der Waals surface area (Å²) in [5, 5.41) is 0. The number of rotatable bonds is 3. The summed E-state index contributed by atoms with van der Waals surface area (Å²) in [6.07, 6.45) is 1.60. The third kappa shape index (κ3) is 3.35. The smallest absolute Gasteiger partial charge is 0.227 e. The number of piperidine rings is 1. The molecule has 1 aliphatic heterocycles. The molecule has 1 aromatic carbocycles. The highest BCUT2D eigenvalue weighted by molar-refractivity contribution is 5.79. The Bertz CT molecular complexity index is 444. The first-order valence-electron chi connectivity index (χ1n) is 7.16. The molecule has 0 saturated carbocycles. The Morgan fingerprint density at radius 1 is 1.26 bits per heavy atom. The second-order valence-electron chi connectivity index (χ2n) is 5.73. The fourth-order valence-electron chi connectivity index (χ4n) is 2.69. The maximum atomic E-state index is 12.4. The van der Waals surface area contributed by atoms with E-state index < -0.39 is 0 Å². The lowest BCUT2D eigenvalue weighted by atomic mass is 9.88. The molecule has 0 spiro atoms. The van der Waals surface area contributed by atoms with Crippen LogP contribution in [0.25, 0.3) is 0 Å². The van der Waals surface area contributed by atoms with Crippen LogP contribution in [0, 0.1) is 11.8 Å². The molecule has 1 aliphatic rings. The molecule has 1 aromatic rings. The van der Waals surface area contributed by atoms with Gasteiger partial charge < -0.3 is 10.6 Å². The van der Waals surface area contributed by atoms with E-state index in [2.05, 4.69) is 13.8 Å². The minimum absolute atomic E-state index is 0.236. The summed E-state index contributed by atoms with van der Waals surface area (Å²) >= 11 is 0. The van der Waals surface area contributed by atoms with Crippen LogP contribution in [0.5, 0.6) is 0 Å². The van der Waals surface area contributed by atoms with Gasteiger partial charge in [0.25, 0.3) is 0 Å². The zero-order valence-corrected chi connectivity index (χ0v) is 11.9. The van der Waals surface area contributed by atoms with Crippen molar-refractivity contribution in [1.29, 1.82) is 0 Å². The molecular weight excluding hydrogens is 236 g/mol. The maximum absolute atomic E-state index is 12.4. The fourth-order valence-corrected chi connectivity index (χ4v) is 2.69. The van der Waals surface area contributed by atoms with Gasteiger partial charge in [-0.2, -0.15) is 0 Å². The van der Waals surface area contributed by atoms with Crippen molar-refractivity contribution in [3.05, 3.63) is 35.4 Å². The van der Waals surface area contributed by atoms with E-state index in [4.69, 9.17) is 5.73 Å². The van der Waals surface area contributed by atoms with Gasteiger partial charge in [0.1, 0.15) is 0 Å². The van der Waals surface area contributed by atoms with Crippen LogP contribution in [0.3, 0.4) is 0 Å². The molecule has 1 heterocycles. The molecule has 19 heavy (non-hydrogen) atoms. The zero-order chi connectivity index (χ0) is 13.8. The van der Waals surface area contributed by atoms with Gasteiger partial charge in [-0.05, 0) is 29.4 Å². The van der Waals surface area contributed by atoms with Gasteiger partial charge >= 0.3 is 0 Å². The number of nitrogens with zero attached hydrogens (tertiary/aromatic N) is 1. The van der Waals surface area contributed by atoms with E-state index in [0.717, 1.165) is 36.6 Å². The van der Waals surface area contributed by atoms with Gasteiger partial charge in [-0.15, -0.1) is 0 Å². The van der Waals surface area contributed by atoms with Crippen molar-refractivity contribution in [1.82, 2.24) is 4.90 Å². The van der Waals surface area contributed by atoms with Crippen LogP contribution in [-0.2, 0) is 17.8 Å². The molecule has 1 fully saturated rings. The Morgan fingerprint density at radius 3 is 2.58 bits per heavy atom. The van der Waals surface area contributed by atoms with Crippen molar-refractivity contribution in [3.63, 3.8) is 0 Å². The predicted octanol–water partition coefficient (Wildman–Crippen LogP) is 2.19. The largest absolute Gasteiger partial charge is 0.342 e. The lowest BCUT2D eigenvalue weighted by Gasteiger charge is -2.35. The minimum Gasteiger partial charge on any atom is -0.342 e. The van der Waals surface area contributed by atoms with Crippen molar-refractivity contribution in [3.8, 4) is 0 Å². The van der Waals surface area contributed by atoms with Crippen LogP contribution in [0.1, 0.15) is 31.4 Å². The molecule has 2 rings (SSSR count). The SMILES string of the molecule is CC1CCN(C(=O)Cc2ccccc2CN)CC1C. The first kappa shape index (κ1) is 14.1. The monoisotopic (exact) mass is 260 g/mol. The van der Waals surface area contributed by atoms with E-state index in [1.165, 1.54) is 0 Å². The summed E-state index contributed by atoms with van der Waals surface area (Å²) in [4.78, 5) is 14.4. The Hall–Kier alpha value is -1.35. The molecular formula is C16H24N2O. The number of likely N-dealkylation sites (tertiary alicyclic amines) is 1. The number of hydrogen-bond acceptors (Lipinski definition) is 2. The van der Waals surface area contributed by atoms with E-state index in [1.807, 2.05) is 29.2 Å². The molecule has 2 unspecified atom stereocenters. The van der Waals surface area contributed by atoms with Crippen molar-refractivity contribution < 1.29 is 4.79 Å². The van der Waals surface area contributed by atoms with E-state index in [0.29, 0.717) is 18.9 Å². The standard InChI is InChI=1S/C16H24N2O/c1-12-7-8-18(11-13(12)2)16(19)9-14-5-3-4-6-15(14)10-17/h3-6,12-13H,7-11,17H2,1-2H3. The Balaban J connectivity index is 2.01. The molecule has 1 saturated heterocycles. The van der Waals surface area contributed by atoms with Crippen molar-refractivity contribution in [2.24, 2.45) is 17.6 Å². The molecule has 104 valence electrons. The minimum atomic E-state index is 0.236. The average molecular weight is 260 g/mol. The molecule has 0 bridgehead atoms. The van der Waals surface area contributed by atoms with Crippen molar-refractivity contribution in [2.75, 3.05) is 13.1 Å². The molecule has 2 N–H and O–H groups in total. The second-order valence-corrected chi connectivity index (χ2v) is 5.73. The third-order valence-electron chi connectivity index (χ3n) is 4.37. The van der Waals surface area contributed by atoms with E-state index in [9.17, 15) is 4.79 Å². The van der Waals surface area contributed by atoms with Gasteiger partial charge in [0, 0.05) is 19.6 Å². The zero-order valence-electron chi connectivity index (χ0n) is 11.9. The first-order chi connectivity index (χ1) is 9.11. The van der Waals surface area contributed by atoms with Crippen LogP contribution >= 0.6 is 0 Å². The van der Waals surface area contributed by atoms with E-state index in [1.54, 1.807) is 0 Å². The predicted molar refractivity (Wildman–Crippen MR) is 77.6 cm³/mol. The fraction of sp³-hybridized carbons (Fsp3) is 0.562. The number of carbonyl (C=O) groups excluding carboxylic acids is 1. The number of benzene rings is 1. The molecule has 0 aliphatic carbocycles. The van der Waals surface area contributed by atoms with Crippen LogP contribution in [0.15, 0.2) is 24.3 Å². The lowest BCUT2D eigenvalue weighted by molar-refractivity contribution is -0.132. The van der Waals surface area contributed by atoms with Crippen LogP contribution in [-0.4, -0.2) is 23.9 Å². The van der Waals surface area contributed by atoms with Gasteiger partial charge in [-0.3, -0.25) is 4.79 Å². The summed E-state index contributed by atoms with van der Waals surface area (Å²) in [6, 6.07) is 7.96. The Morgan fingerprint density at radius 2 is 1.95 bits per heavy atom. The van der Waals surface area contributed by atoms with Crippen LogP contribution in [0.4, 0.5) is 0 Å². The first-order valence-corrected chi connectivity index (χ1v) is 7.16. The molecule has 0 aromatic heterocycles. The molecule has 1 amide bonds. The highest BCUT2D eigenvalue weighted by Crippen LogP contribution is 2.23. The van der Waals surface area contributed by atoms with Crippen molar-refractivity contribution >= 4 is 5.91 Å². The average Bonchev–Trinajstić information content (AvgIpc) is 2.42. The summed E-state index contributed by atoms with van der Waals surface area (Å²) < 4.78 is 0. The Kier molecular flexibility index (Phi) is 4.59. The number of carbonyl (C=O) groups is 1. The lowest BCUT2D eigenvalue weighted by Crippen LogP contribution is -2.43. The quantitative estimate of drug-likeness (QED) is 0.905. The van der Waals surface area contributed by atoms with Gasteiger partial charge in [0.05, 0.1) is 6.42 Å². The maximum Gasteiger partial charge on any atom is 0.227 e. The van der Waals surface area contributed by atoms with Gasteiger partial charge in [0.15, 0.2) is 0 Å². The van der Waals surface area contributed by atoms with Gasteiger partial charge in [-0.1, -0.05) is 38.1 Å². The highest BCUT2D eigenvalue weighted by atomic mass is 16.2. The molecule has 0 radical (unpaired) electrons. The molecule has 2 atom stereocenters. The van der Waals surface area contributed by atoms with Crippen LogP contribution < -0.4 is 5.73 Å². The number of nitrogens with two attached hydrogens (primary N) is 1. The number of amides is 1. The molecule has 3 heteroatoms. The summed E-state index contributed by atoms with van der Waals surface area (Å²) in [5.41, 5.74) is 7.87. The highest BCUT2D eigenvalue weighted by Gasteiger charge is 2.25. The number of hydrogen-bond donors (Lipinski definition) is 1. The molecule has 3 nitrogen and oxygen atoms in total. The van der Waals surface area contributed by atoms with E-state index in [-0.39, 0.29) is 5.91 Å². The normalized spacial score (nSPS) is 23.4. The van der Waals surface area contributed by atoms with Gasteiger partial charge in [0.2, 0.25) is 5.91 Å². The van der Waals surface area contributed by atoms with Gasteiger partial charge in [-0.25, -0.2) is 0 Å². The topological polar surface area (TPSA) is 46.3 Å². The summed E-state index contributed by atoms with van der Waals surface area (Å²) in [6.45, 7) is 6.80. The Labute approximate surface area is 115 Å². The van der Waals surface area contributed by atoms with E-state index >= 15 is 0 Å². The van der Waals surface area contributed by atoms with Crippen molar-refractivity contribution in [2.45, 2.75) is 33.2 Å².